The summed E-state index contributed by atoms with van der Waals surface area (Å²) in [5.41, 5.74) is 0.221. The lowest BCUT2D eigenvalue weighted by Gasteiger charge is -2.12. The molecule has 1 heterocycles. The van der Waals surface area contributed by atoms with Gasteiger partial charge in [-0.2, -0.15) is 18.3 Å². The third-order valence-electron chi connectivity index (χ3n) is 4.93. The number of hydrogen-bond acceptors (Lipinski definition) is 4. The molecule has 0 fully saturated rings. The number of phenolic OH excluding ortho intramolecular Hbond substituents is 1. The van der Waals surface area contributed by atoms with Crippen molar-refractivity contribution in [2.45, 2.75) is 12.8 Å². The van der Waals surface area contributed by atoms with Crippen molar-refractivity contribution in [3.63, 3.8) is 0 Å². The largest absolute Gasteiger partial charge is 0.507 e. The van der Waals surface area contributed by atoms with Gasteiger partial charge in [-0.05, 0) is 53.1 Å². The maximum Gasteiger partial charge on any atom is 0.435 e. The molecule has 0 aliphatic heterocycles. The van der Waals surface area contributed by atoms with E-state index in [9.17, 15) is 18.3 Å². The molecular formula is C24H17ClF3N3O2. The number of hydrogen-bond donors (Lipinski definition) is 3. The summed E-state index contributed by atoms with van der Waals surface area (Å²) < 4.78 is 47.0. The number of rotatable bonds is 6. The Bertz CT molecular complexity index is 1300. The van der Waals surface area contributed by atoms with Gasteiger partial charge < -0.3 is 15.3 Å². The smallest absolute Gasteiger partial charge is 0.435 e. The van der Waals surface area contributed by atoms with E-state index in [2.05, 4.69) is 10.2 Å². The number of phenols is 1. The minimum absolute atomic E-state index is 0.0149. The topological polar surface area (TPSA) is 82.0 Å². The molecule has 0 aliphatic carbocycles. The number of benzene rings is 3. The van der Waals surface area contributed by atoms with Gasteiger partial charge in [-0.1, -0.05) is 41.9 Å². The van der Waals surface area contributed by atoms with E-state index in [-0.39, 0.29) is 34.7 Å². The highest BCUT2D eigenvalue weighted by molar-refractivity contribution is 6.30. The fraction of sp³-hybridized carbons (Fsp3) is 0.0833. The lowest BCUT2D eigenvalue weighted by atomic mass is 9.96. The van der Waals surface area contributed by atoms with Crippen LogP contribution in [-0.2, 0) is 12.8 Å². The number of alkyl halides is 3. The van der Waals surface area contributed by atoms with E-state index in [1.54, 1.807) is 36.4 Å². The van der Waals surface area contributed by atoms with Crippen LogP contribution in [0.2, 0.25) is 5.02 Å². The first-order valence-corrected chi connectivity index (χ1v) is 10.1. The number of H-pyrrole nitrogens is 1. The summed E-state index contributed by atoms with van der Waals surface area (Å²) in [6.45, 7) is 0.201. The first kappa shape index (κ1) is 22.4. The number of nitrogens with one attached hydrogen (secondary N) is 2. The number of ether oxygens (including phenoxy) is 1. The number of nitrogens with zero attached hydrogens (tertiary/aromatic N) is 1. The quantitative estimate of drug-likeness (QED) is 0.274. The number of aromatic nitrogens is 2. The second-order valence-electron chi connectivity index (χ2n) is 7.18. The highest BCUT2D eigenvalue weighted by Gasteiger charge is 2.39. The SMILES string of the molecule is N=Cc1cccc(-c2c(C(F)(F)F)n[nH]c2-c2cc(OCc3ccc(Cl)cc3)ccc2O)c1. The van der Waals surface area contributed by atoms with Gasteiger partial charge in [0.2, 0.25) is 0 Å². The summed E-state index contributed by atoms with van der Waals surface area (Å²) in [6.07, 6.45) is -3.69. The Labute approximate surface area is 191 Å². The van der Waals surface area contributed by atoms with E-state index in [1.165, 1.54) is 30.3 Å². The van der Waals surface area contributed by atoms with Crippen molar-refractivity contribution in [2.75, 3.05) is 0 Å². The standard InChI is InChI=1S/C24H17ClF3N3O2/c25-17-6-4-14(5-7-17)13-33-18-8-9-20(32)19(11-18)22-21(23(31-30-22)24(26,27)28)16-3-1-2-15(10-16)12-29/h1-12,29,32H,13H2,(H,30,31). The molecule has 1 aromatic heterocycles. The van der Waals surface area contributed by atoms with Gasteiger partial charge in [0.25, 0.3) is 0 Å². The predicted octanol–water partition coefficient (Wildman–Crippen LogP) is 6.70. The van der Waals surface area contributed by atoms with Crippen LogP contribution in [0.15, 0.2) is 66.7 Å². The van der Waals surface area contributed by atoms with E-state index < -0.39 is 11.9 Å². The molecule has 3 N–H and O–H groups in total. The third-order valence-corrected chi connectivity index (χ3v) is 5.18. The molecule has 168 valence electrons. The van der Waals surface area contributed by atoms with Gasteiger partial charge in [-0.3, -0.25) is 5.10 Å². The highest BCUT2D eigenvalue weighted by atomic mass is 35.5. The van der Waals surface area contributed by atoms with Gasteiger partial charge in [0.05, 0.1) is 5.69 Å². The fourth-order valence-electron chi connectivity index (χ4n) is 3.36. The van der Waals surface area contributed by atoms with Gasteiger partial charge in [0.1, 0.15) is 18.1 Å². The lowest BCUT2D eigenvalue weighted by Crippen LogP contribution is -2.07. The van der Waals surface area contributed by atoms with Crippen molar-refractivity contribution in [1.29, 1.82) is 5.41 Å². The maximum atomic E-state index is 13.7. The second-order valence-corrected chi connectivity index (χ2v) is 7.62. The Morgan fingerprint density at radius 2 is 1.82 bits per heavy atom. The van der Waals surface area contributed by atoms with E-state index in [1.807, 2.05) is 0 Å². The van der Waals surface area contributed by atoms with E-state index in [4.69, 9.17) is 21.7 Å². The van der Waals surface area contributed by atoms with E-state index >= 15 is 0 Å². The molecule has 0 bridgehead atoms. The van der Waals surface area contributed by atoms with E-state index in [0.29, 0.717) is 16.3 Å². The average molecular weight is 472 g/mol. The molecule has 0 aliphatic rings. The van der Waals surface area contributed by atoms with Crippen LogP contribution in [0.5, 0.6) is 11.5 Å². The van der Waals surface area contributed by atoms with Crippen molar-refractivity contribution in [1.82, 2.24) is 10.2 Å². The molecular weight excluding hydrogens is 455 g/mol. The Kier molecular flexibility index (Phi) is 6.11. The summed E-state index contributed by atoms with van der Waals surface area (Å²) in [5, 5.41) is 24.4. The zero-order valence-electron chi connectivity index (χ0n) is 16.9. The van der Waals surface area contributed by atoms with Crippen LogP contribution >= 0.6 is 11.6 Å². The molecule has 0 atom stereocenters. The molecule has 0 unspecified atom stereocenters. The Morgan fingerprint density at radius 3 is 2.52 bits per heavy atom. The average Bonchev–Trinajstić information content (AvgIpc) is 3.25. The van der Waals surface area contributed by atoms with Crippen LogP contribution < -0.4 is 4.74 Å². The number of aromatic amines is 1. The molecule has 0 spiro atoms. The van der Waals surface area contributed by atoms with Crippen LogP contribution in [0, 0.1) is 5.41 Å². The Balaban J connectivity index is 1.77. The van der Waals surface area contributed by atoms with Gasteiger partial charge in [-0.15, -0.1) is 0 Å². The minimum Gasteiger partial charge on any atom is -0.507 e. The summed E-state index contributed by atoms with van der Waals surface area (Å²) in [4.78, 5) is 0. The molecule has 9 heteroatoms. The molecule has 5 nitrogen and oxygen atoms in total. The first-order chi connectivity index (χ1) is 15.8. The van der Waals surface area contributed by atoms with Gasteiger partial charge in [0.15, 0.2) is 5.69 Å². The second kappa shape index (κ2) is 8.99. The van der Waals surface area contributed by atoms with Crippen LogP contribution in [0.3, 0.4) is 0 Å². The van der Waals surface area contributed by atoms with Crippen LogP contribution in [-0.4, -0.2) is 21.5 Å². The predicted molar refractivity (Wildman–Crippen MR) is 120 cm³/mol. The van der Waals surface area contributed by atoms with Crippen molar-refractivity contribution in [2.24, 2.45) is 0 Å². The normalized spacial score (nSPS) is 11.4. The van der Waals surface area contributed by atoms with Gasteiger partial charge >= 0.3 is 6.18 Å². The monoisotopic (exact) mass is 471 g/mol. The summed E-state index contributed by atoms with van der Waals surface area (Å²) in [7, 11) is 0. The molecule has 33 heavy (non-hydrogen) atoms. The molecule has 0 radical (unpaired) electrons. The van der Waals surface area contributed by atoms with Gasteiger partial charge in [0, 0.05) is 22.4 Å². The minimum atomic E-state index is -4.73. The zero-order chi connectivity index (χ0) is 23.6. The summed E-state index contributed by atoms with van der Waals surface area (Å²) >= 11 is 5.88. The fourth-order valence-corrected chi connectivity index (χ4v) is 3.49. The van der Waals surface area contributed by atoms with Crippen molar-refractivity contribution < 1.29 is 23.0 Å². The van der Waals surface area contributed by atoms with Crippen molar-refractivity contribution in [3.05, 3.63) is 88.6 Å². The molecule has 0 amide bonds. The lowest BCUT2D eigenvalue weighted by molar-refractivity contribution is -0.140. The van der Waals surface area contributed by atoms with Crippen LogP contribution in [0.25, 0.3) is 22.4 Å². The zero-order valence-corrected chi connectivity index (χ0v) is 17.7. The molecule has 3 aromatic carbocycles. The molecule has 0 saturated carbocycles. The van der Waals surface area contributed by atoms with Gasteiger partial charge in [-0.25, -0.2) is 0 Å². The number of aromatic hydroxyl groups is 1. The van der Waals surface area contributed by atoms with E-state index in [0.717, 1.165) is 11.8 Å². The highest BCUT2D eigenvalue weighted by Crippen LogP contribution is 2.44. The Hall–Kier alpha value is -3.78. The molecule has 4 rings (SSSR count). The molecule has 4 aromatic rings. The summed E-state index contributed by atoms with van der Waals surface area (Å²) in [5.74, 6) is 0.107. The third kappa shape index (κ3) is 4.85. The number of halogens is 4. The summed E-state index contributed by atoms with van der Waals surface area (Å²) in [6, 6.07) is 17.5. The first-order valence-electron chi connectivity index (χ1n) is 9.73. The van der Waals surface area contributed by atoms with Crippen molar-refractivity contribution in [3.8, 4) is 33.9 Å². The van der Waals surface area contributed by atoms with Crippen molar-refractivity contribution >= 4 is 17.8 Å². The van der Waals surface area contributed by atoms with Crippen LogP contribution in [0.1, 0.15) is 16.8 Å². The Morgan fingerprint density at radius 1 is 1.06 bits per heavy atom. The van der Waals surface area contributed by atoms with Crippen LogP contribution in [0.4, 0.5) is 13.2 Å². The maximum absolute atomic E-state index is 13.7. The molecule has 0 saturated heterocycles.